The van der Waals surface area contributed by atoms with Crippen molar-refractivity contribution in [3.05, 3.63) is 29.8 Å². The quantitative estimate of drug-likeness (QED) is 0.886. The second-order valence-corrected chi connectivity index (χ2v) is 4.52. The Morgan fingerprint density at radius 1 is 1.47 bits per heavy atom. The van der Waals surface area contributed by atoms with E-state index in [-0.39, 0.29) is 5.82 Å². The highest BCUT2D eigenvalue weighted by Crippen LogP contribution is 2.18. The predicted molar refractivity (Wildman–Crippen MR) is 63.3 cm³/mol. The molecular formula is C13H15FN2O. The number of fused-ring (bicyclic) bond motifs is 1. The van der Waals surface area contributed by atoms with Crippen molar-refractivity contribution < 1.29 is 9.13 Å². The highest BCUT2D eigenvalue weighted by Gasteiger charge is 2.15. The minimum absolute atomic E-state index is 0.230. The maximum absolute atomic E-state index is 13.0. The maximum Gasteiger partial charge on any atom is 0.125 e. The summed E-state index contributed by atoms with van der Waals surface area (Å²) in [5.74, 6) is 0.688. The number of hydrogen-bond acceptors (Lipinski definition) is 2. The zero-order valence-electron chi connectivity index (χ0n) is 9.58. The van der Waals surface area contributed by atoms with Gasteiger partial charge in [-0.3, -0.25) is 0 Å². The molecule has 2 heterocycles. The molecule has 1 aromatic heterocycles. The molecule has 1 aliphatic heterocycles. The van der Waals surface area contributed by atoms with Gasteiger partial charge in [-0.05, 0) is 37.5 Å². The summed E-state index contributed by atoms with van der Waals surface area (Å²) in [6, 6.07) is 4.63. The van der Waals surface area contributed by atoms with E-state index in [1.165, 1.54) is 12.1 Å². The third kappa shape index (κ3) is 2.31. The van der Waals surface area contributed by atoms with E-state index in [1.54, 1.807) is 6.07 Å². The Bertz CT molecular complexity index is 517. The molecule has 1 unspecified atom stereocenters. The van der Waals surface area contributed by atoms with Gasteiger partial charge in [0.25, 0.3) is 0 Å². The number of rotatable bonds is 3. The third-order valence-corrected chi connectivity index (χ3v) is 3.22. The molecule has 1 N–H and O–H groups in total. The zero-order chi connectivity index (χ0) is 11.7. The second kappa shape index (κ2) is 4.45. The summed E-state index contributed by atoms with van der Waals surface area (Å²) in [7, 11) is 0. The monoisotopic (exact) mass is 234 g/mol. The Hall–Kier alpha value is -1.42. The molecule has 1 fully saturated rings. The Morgan fingerprint density at radius 3 is 3.24 bits per heavy atom. The smallest absolute Gasteiger partial charge is 0.125 e. The van der Waals surface area contributed by atoms with E-state index in [0.717, 1.165) is 49.1 Å². The zero-order valence-corrected chi connectivity index (χ0v) is 9.58. The van der Waals surface area contributed by atoms with Crippen molar-refractivity contribution in [1.82, 2.24) is 9.97 Å². The molecule has 90 valence electrons. The van der Waals surface area contributed by atoms with Crippen molar-refractivity contribution in [3.63, 3.8) is 0 Å². The SMILES string of the molecule is Fc1ccc2nc(CCC3CCCO3)[nH]c2c1. The van der Waals surface area contributed by atoms with E-state index in [2.05, 4.69) is 9.97 Å². The van der Waals surface area contributed by atoms with Gasteiger partial charge in [-0.15, -0.1) is 0 Å². The van der Waals surface area contributed by atoms with Crippen LogP contribution in [-0.4, -0.2) is 22.7 Å². The number of aryl methyl sites for hydroxylation is 1. The molecule has 4 heteroatoms. The lowest BCUT2D eigenvalue weighted by molar-refractivity contribution is 0.104. The number of nitrogens with zero attached hydrogens (tertiary/aromatic N) is 1. The molecule has 1 aliphatic rings. The standard InChI is InChI=1S/C13H15FN2O/c14-9-3-5-11-12(8-9)16-13(15-11)6-4-10-2-1-7-17-10/h3,5,8,10H,1-2,4,6-7H2,(H,15,16). The molecule has 1 saturated heterocycles. The first-order chi connectivity index (χ1) is 8.31. The lowest BCUT2D eigenvalue weighted by Crippen LogP contribution is -2.06. The van der Waals surface area contributed by atoms with Crippen LogP contribution in [0.4, 0.5) is 4.39 Å². The molecule has 3 nitrogen and oxygen atoms in total. The van der Waals surface area contributed by atoms with Gasteiger partial charge in [0, 0.05) is 13.0 Å². The summed E-state index contributed by atoms with van der Waals surface area (Å²) in [4.78, 5) is 7.59. The van der Waals surface area contributed by atoms with Crippen LogP contribution in [0.1, 0.15) is 25.1 Å². The average molecular weight is 234 g/mol. The van der Waals surface area contributed by atoms with E-state index < -0.39 is 0 Å². The predicted octanol–water partition coefficient (Wildman–Crippen LogP) is 2.81. The lowest BCUT2D eigenvalue weighted by Gasteiger charge is -2.06. The molecule has 1 aromatic carbocycles. The van der Waals surface area contributed by atoms with Gasteiger partial charge in [0.2, 0.25) is 0 Å². The van der Waals surface area contributed by atoms with Gasteiger partial charge in [0.15, 0.2) is 0 Å². The molecule has 0 saturated carbocycles. The van der Waals surface area contributed by atoms with Crippen molar-refractivity contribution in [3.8, 4) is 0 Å². The summed E-state index contributed by atoms with van der Waals surface area (Å²) >= 11 is 0. The van der Waals surface area contributed by atoms with E-state index >= 15 is 0 Å². The topological polar surface area (TPSA) is 37.9 Å². The van der Waals surface area contributed by atoms with Gasteiger partial charge in [0.1, 0.15) is 11.6 Å². The Kier molecular flexibility index (Phi) is 2.81. The number of benzene rings is 1. The maximum atomic E-state index is 13.0. The van der Waals surface area contributed by atoms with Crippen LogP contribution in [0.2, 0.25) is 0 Å². The molecular weight excluding hydrogens is 219 g/mol. The Balaban J connectivity index is 1.72. The van der Waals surface area contributed by atoms with E-state index in [9.17, 15) is 4.39 Å². The summed E-state index contributed by atoms with van der Waals surface area (Å²) in [6.07, 6.45) is 4.54. The normalized spacial score (nSPS) is 20.2. The number of hydrogen-bond donors (Lipinski definition) is 1. The van der Waals surface area contributed by atoms with E-state index in [1.807, 2.05) is 0 Å². The molecule has 2 aromatic rings. The van der Waals surface area contributed by atoms with E-state index in [0.29, 0.717) is 6.10 Å². The van der Waals surface area contributed by atoms with Gasteiger partial charge >= 0.3 is 0 Å². The van der Waals surface area contributed by atoms with Gasteiger partial charge in [0.05, 0.1) is 17.1 Å². The van der Waals surface area contributed by atoms with Gasteiger partial charge in [-0.2, -0.15) is 0 Å². The van der Waals surface area contributed by atoms with Crippen LogP contribution < -0.4 is 0 Å². The van der Waals surface area contributed by atoms with Crippen LogP contribution in [0.3, 0.4) is 0 Å². The van der Waals surface area contributed by atoms with Gasteiger partial charge in [-0.25, -0.2) is 9.37 Å². The minimum atomic E-state index is -0.230. The number of aromatic amines is 1. The van der Waals surface area contributed by atoms with Crippen molar-refractivity contribution >= 4 is 11.0 Å². The largest absolute Gasteiger partial charge is 0.378 e. The highest BCUT2D eigenvalue weighted by atomic mass is 19.1. The summed E-state index contributed by atoms with van der Waals surface area (Å²) in [6.45, 7) is 0.885. The number of nitrogens with one attached hydrogen (secondary N) is 1. The summed E-state index contributed by atoms with van der Waals surface area (Å²) < 4.78 is 18.6. The molecule has 0 aliphatic carbocycles. The lowest BCUT2D eigenvalue weighted by atomic mass is 10.1. The first kappa shape index (κ1) is 10.7. The van der Waals surface area contributed by atoms with Crippen LogP contribution in [-0.2, 0) is 11.2 Å². The average Bonchev–Trinajstić information content (AvgIpc) is 2.94. The number of aromatic nitrogens is 2. The molecule has 0 amide bonds. The fourth-order valence-electron chi connectivity index (χ4n) is 2.32. The van der Waals surface area contributed by atoms with Crippen LogP contribution in [0.5, 0.6) is 0 Å². The first-order valence-corrected chi connectivity index (χ1v) is 6.07. The van der Waals surface area contributed by atoms with Crippen LogP contribution >= 0.6 is 0 Å². The van der Waals surface area contributed by atoms with Crippen molar-refractivity contribution in [2.45, 2.75) is 31.8 Å². The molecule has 0 radical (unpaired) electrons. The molecule has 0 bridgehead atoms. The van der Waals surface area contributed by atoms with Crippen molar-refractivity contribution in [1.29, 1.82) is 0 Å². The van der Waals surface area contributed by atoms with Crippen LogP contribution in [0.25, 0.3) is 11.0 Å². The number of H-pyrrole nitrogens is 1. The van der Waals surface area contributed by atoms with Gasteiger partial charge < -0.3 is 9.72 Å². The Morgan fingerprint density at radius 2 is 2.41 bits per heavy atom. The summed E-state index contributed by atoms with van der Waals surface area (Å²) in [5.41, 5.74) is 1.60. The van der Waals surface area contributed by atoms with Crippen LogP contribution in [0.15, 0.2) is 18.2 Å². The number of ether oxygens (including phenoxy) is 1. The molecule has 0 spiro atoms. The molecule has 1 atom stereocenters. The molecule has 17 heavy (non-hydrogen) atoms. The summed E-state index contributed by atoms with van der Waals surface area (Å²) in [5, 5.41) is 0. The first-order valence-electron chi connectivity index (χ1n) is 6.07. The Labute approximate surface area is 99.0 Å². The van der Waals surface area contributed by atoms with Gasteiger partial charge in [-0.1, -0.05) is 0 Å². The van der Waals surface area contributed by atoms with Crippen molar-refractivity contribution in [2.75, 3.05) is 6.61 Å². The molecule has 3 rings (SSSR count). The second-order valence-electron chi connectivity index (χ2n) is 4.52. The van der Waals surface area contributed by atoms with Crippen molar-refractivity contribution in [2.24, 2.45) is 0 Å². The third-order valence-electron chi connectivity index (χ3n) is 3.22. The van der Waals surface area contributed by atoms with E-state index in [4.69, 9.17) is 4.74 Å². The highest BCUT2D eigenvalue weighted by molar-refractivity contribution is 5.74. The fourth-order valence-corrected chi connectivity index (χ4v) is 2.32. The number of halogens is 1. The fraction of sp³-hybridized carbons (Fsp3) is 0.462. The number of imidazole rings is 1. The minimum Gasteiger partial charge on any atom is -0.378 e. The van der Waals surface area contributed by atoms with Crippen LogP contribution in [0, 0.1) is 5.82 Å².